The van der Waals surface area contributed by atoms with E-state index in [1.807, 2.05) is 31.2 Å². The number of esters is 1. The van der Waals surface area contributed by atoms with E-state index in [4.69, 9.17) is 16.3 Å². The van der Waals surface area contributed by atoms with E-state index in [0.29, 0.717) is 10.7 Å². The third-order valence-electron chi connectivity index (χ3n) is 3.07. The van der Waals surface area contributed by atoms with Crippen LogP contribution in [0.2, 0.25) is 5.02 Å². The fourth-order valence-corrected chi connectivity index (χ4v) is 2.56. The number of amides is 1. The van der Waals surface area contributed by atoms with Gasteiger partial charge < -0.3 is 10.1 Å². The van der Waals surface area contributed by atoms with Gasteiger partial charge in [0.15, 0.2) is 6.61 Å². The van der Waals surface area contributed by atoms with Crippen molar-refractivity contribution in [1.29, 1.82) is 0 Å². The summed E-state index contributed by atoms with van der Waals surface area (Å²) in [5.41, 5.74) is 2.31. The molecule has 0 radical (unpaired) electrons. The fraction of sp³-hybridized carbons (Fsp3) is 0.111. The van der Waals surface area contributed by atoms with E-state index in [2.05, 4.69) is 21.2 Å². The molecule has 0 spiro atoms. The van der Waals surface area contributed by atoms with E-state index in [1.165, 1.54) is 6.08 Å². The molecule has 24 heavy (non-hydrogen) atoms. The van der Waals surface area contributed by atoms with Gasteiger partial charge in [-0.1, -0.05) is 39.7 Å². The molecule has 2 rings (SSSR count). The van der Waals surface area contributed by atoms with Crippen molar-refractivity contribution in [1.82, 2.24) is 0 Å². The Kier molecular flexibility index (Phi) is 6.58. The van der Waals surface area contributed by atoms with Crippen LogP contribution in [-0.2, 0) is 14.3 Å². The molecular weight excluding hydrogens is 394 g/mol. The molecule has 4 nitrogen and oxygen atoms in total. The van der Waals surface area contributed by atoms with Crippen LogP contribution in [0.1, 0.15) is 11.1 Å². The monoisotopic (exact) mass is 407 g/mol. The Bertz CT molecular complexity index is 790. The third-order valence-corrected chi connectivity index (χ3v) is 3.80. The minimum atomic E-state index is -0.585. The highest BCUT2D eigenvalue weighted by Crippen LogP contribution is 2.19. The van der Waals surface area contributed by atoms with Crippen molar-refractivity contribution in [3.63, 3.8) is 0 Å². The van der Waals surface area contributed by atoms with Crippen LogP contribution in [0.15, 0.2) is 53.0 Å². The van der Waals surface area contributed by atoms with Crippen LogP contribution in [0, 0.1) is 6.92 Å². The number of hydrogen-bond acceptors (Lipinski definition) is 3. The van der Waals surface area contributed by atoms with Crippen molar-refractivity contribution in [2.75, 3.05) is 11.9 Å². The maximum absolute atomic E-state index is 11.8. The van der Waals surface area contributed by atoms with E-state index in [0.717, 1.165) is 15.6 Å². The Labute approximate surface area is 153 Å². The maximum atomic E-state index is 11.8. The van der Waals surface area contributed by atoms with Gasteiger partial charge >= 0.3 is 5.97 Å². The highest BCUT2D eigenvalue weighted by atomic mass is 79.9. The molecular formula is C18H15BrClNO3. The molecule has 0 saturated carbocycles. The topological polar surface area (TPSA) is 55.4 Å². The zero-order chi connectivity index (χ0) is 17.5. The summed E-state index contributed by atoms with van der Waals surface area (Å²) in [6.07, 6.45) is 2.90. The van der Waals surface area contributed by atoms with Gasteiger partial charge in [0.1, 0.15) is 0 Å². The van der Waals surface area contributed by atoms with Crippen LogP contribution < -0.4 is 5.32 Å². The molecule has 0 aliphatic heterocycles. The molecule has 0 heterocycles. The second kappa shape index (κ2) is 8.66. The molecule has 0 aromatic heterocycles. The second-order valence-corrected chi connectivity index (χ2v) is 6.36. The molecule has 0 atom stereocenters. The van der Waals surface area contributed by atoms with Gasteiger partial charge in [0.25, 0.3) is 5.91 Å². The molecule has 6 heteroatoms. The second-order valence-electron chi connectivity index (χ2n) is 5.00. The number of carbonyl (C=O) groups is 2. The molecule has 124 valence electrons. The minimum Gasteiger partial charge on any atom is -0.452 e. The minimum absolute atomic E-state index is 0.357. The average molecular weight is 409 g/mol. The Morgan fingerprint density at radius 2 is 2.04 bits per heavy atom. The number of nitrogens with one attached hydrogen (secondary N) is 1. The van der Waals surface area contributed by atoms with Gasteiger partial charge in [0.2, 0.25) is 0 Å². The molecule has 0 aliphatic carbocycles. The normalized spacial score (nSPS) is 10.6. The quantitative estimate of drug-likeness (QED) is 0.581. The molecule has 0 unspecified atom stereocenters. The molecule has 1 amide bonds. The van der Waals surface area contributed by atoms with Crippen LogP contribution >= 0.6 is 27.5 Å². The first-order valence-corrected chi connectivity index (χ1v) is 8.27. The van der Waals surface area contributed by atoms with E-state index in [9.17, 15) is 9.59 Å². The Morgan fingerprint density at radius 3 is 2.75 bits per heavy atom. The summed E-state index contributed by atoms with van der Waals surface area (Å²) in [5.74, 6) is -0.998. The van der Waals surface area contributed by atoms with Gasteiger partial charge in [-0.2, -0.15) is 0 Å². The number of aryl methyl sites for hydroxylation is 1. The summed E-state index contributed by atoms with van der Waals surface area (Å²) < 4.78 is 5.83. The molecule has 2 aromatic rings. The molecule has 0 aliphatic rings. The van der Waals surface area contributed by atoms with Crippen molar-refractivity contribution < 1.29 is 14.3 Å². The Balaban J connectivity index is 1.83. The van der Waals surface area contributed by atoms with E-state index >= 15 is 0 Å². The van der Waals surface area contributed by atoms with Gasteiger partial charge in [-0.25, -0.2) is 4.79 Å². The number of rotatable bonds is 5. The van der Waals surface area contributed by atoms with E-state index in [-0.39, 0.29) is 6.61 Å². The maximum Gasteiger partial charge on any atom is 0.331 e. The summed E-state index contributed by atoms with van der Waals surface area (Å²) in [4.78, 5) is 23.5. The van der Waals surface area contributed by atoms with E-state index < -0.39 is 11.9 Å². The van der Waals surface area contributed by atoms with Crippen LogP contribution in [-0.4, -0.2) is 18.5 Å². The first-order valence-electron chi connectivity index (χ1n) is 7.10. The van der Waals surface area contributed by atoms with Crippen LogP contribution in [0.3, 0.4) is 0 Å². The number of anilines is 1. The standard InChI is InChI=1S/C18H15BrClNO3/c1-12-9-15(20)6-7-16(12)21-17(22)11-24-18(23)8-5-13-3-2-4-14(19)10-13/h2-10H,11H2,1H3,(H,21,22)/b8-5+. The van der Waals surface area contributed by atoms with Gasteiger partial charge in [-0.15, -0.1) is 0 Å². The van der Waals surface area contributed by atoms with Gasteiger partial charge in [-0.3, -0.25) is 4.79 Å². The number of benzene rings is 2. The molecule has 0 saturated heterocycles. The summed E-state index contributed by atoms with van der Waals surface area (Å²) >= 11 is 9.21. The van der Waals surface area contributed by atoms with E-state index in [1.54, 1.807) is 24.3 Å². The third kappa shape index (κ3) is 5.83. The van der Waals surface area contributed by atoms with Gasteiger partial charge in [-0.05, 0) is 54.5 Å². The zero-order valence-electron chi connectivity index (χ0n) is 12.9. The Morgan fingerprint density at radius 1 is 1.25 bits per heavy atom. The lowest BCUT2D eigenvalue weighted by molar-refractivity contribution is -0.142. The van der Waals surface area contributed by atoms with Crippen LogP contribution in [0.4, 0.5) is 5.69 Å². The van der Waals surface area contributed by atoms with Crippen LogP contribution in [0.5, 0.6) is 0 Å². The highest BCUT2D eigenvalue weighted by molar-refractivity contribution is 9.10. The summed E-state index contributed by atoms with van der Waals surface area (Å²) in [6, 6.07) is 12.6. The Hall–Kier alpha value is -2.11. The number of hydrogen-bond donors (Lipinski definition) is 1. The molecule has 1 N–H and O–H groups in total. The van der Waals surface area contributed by atoms with Crippen molar-refractivity contribution in [3.05, 3.63) is 69.2 Å². The molecule has 0 bridgehead atoms. The number of ether oxygens (including phenoxy) is 1. The number of halogens is 2. The highest BCUT2D eigenvalue weighted by Gasteiger charge is 2.07. The average Bonchev–Trinajstić information content (AvgIpc) is 2.54. The largest absolute Gasteiger partial charge is 0.452 e. The summed E-state index contributed by atoms with van der Waals surface area (Å²) in [5, 5.41) is 3.26. The predicted octanol–water partition coefficient (Wildman–Crippen LogP) is 4.61. The first-order chi connectivity index (χ1) is 11.4. The van der Waals surface area contributed by atoms with Crippen molar-refractivity contribution >= 4 is 51.2 Å². The van der Waals surface area contributed by atoms with Crippen LogP contribution in [0.25, 0.3) is 6.08 Å². The SMILES string of the molecule is Cc1cc(Cl)ccc1NC(=O)COC(=O)/C=C/c1cccc(Br)c1. The number of carbonyl (C=O) groups excluding carboxylic acids is 2. The lowest BCUT2D eigenvalue weighted by atomic mass is 10.2. The summed E-state index contributed by atoms with van der Waals surface area (Å²) in [6.45, 7) is 1.47. The predicted molar refractivity (Wildman–Crippen MR) is 99.0 cm³/mol. The van der Waals surface area contributed by atoms with Crippen molar-refractivity contribution in [2.45, 2.75) is 6.92 Å². The van der Waals surface area contributed by atoms with Gasteiger partial charge in [0.05, 0.1) is 0 Å². The molecule has 0 fully saturated rings. The lowest BCUT2D eigenvalue weighted by Crippen LogP contribution is -2.20. The first kappa shape index (κ1) is 18.2. The smallest absolute Gasteiger partial charge is 0.331 e. The zero-order valence-corrected chi connectivity index (χ0v) is 15.2. The molecule has 2 aromatic carbocycles. The summed E-state index contributed by atoms with van der Waals surface area (Å²) in [7, 11) is 0. The van der Waals surface area contributed by atoms with Crippen molar-refractivity contribution in [3.8, 4) is 0 Å². The lowest BCUT2D eigenvalue weighted by Gasteiger charge is -2.08. The van der Waals surface area contributed by atoms with Crippen molar-refractivity contribution in [2.24, 2.45) is 0 Å². The fourth-order valence-electron chi connectivity index (χ4n) is 1.91. The van der Waals surface area contributed by atoms with Gasteiger partial charge in [0, 0.05) is 21.3 Å².